The second-order valence-electron chi connectivity index (χ2n) is 6.81. The molecule has 0 unspecified atom stereocenters. The Balaban J connectivity index is 1.47. The van der Waals surface area contributed by atoms with Gasteiger partial charge < -0.3 is 14.8 Å². The smallest absolute Gasteiger partial charge is 0.220 e. The summed E-state index contributed by atoms with van der Waals surface area (Å²) in [6, 6.07) is 5.47. The Labute approximate surface area is 142 Å². The lowest BCUT2D eigenvalue weighted by Gasteiger charge is -2.26. The van der Waals surface area contributed by atoms with Gasteiger partial charge in [0.15, 0.2) is 17.3 Å². The molecule has 24 heavy (non-hydrogen) atoms. The lowest BCUT2D eigenvalue weighted by molar-refractivity contribution is -0.122. The summed E-state index contributed by atoms with van der Waals surface area (Å²) >= 11 is 0. The van der Waals surface area contributed by atoms with Crippen LogP contribution in [0, 0.1) is 5.92 Å². The molecular weight excluding hydrogens is 306 g/mol. The second kappa shape index (κ2) is 7.69. The molecule has 0 spiro atoms. The Bertz CT molecular complexity index is 605. The van der Waals surface area contributed by atoms with E-state index in [1.165, 1.54) is 12.8 Å². The Morgan fingerprint density at radius 1 is 1.04 bits per heavy atom. The summed E-state index contributed by atoms with van der Waals surface area (Å²) in [6.45, 7) is 3.28. The number of ether oxygens (including phenoxy) is 2. The van der Waals surface area contributed by atoms with Crippen LogP contribution in [0.1, 0.15) is 55.8 Å². The molecule has 0 radical (unpaired) electrons. The highest BCUT2D eigenvalue weighted by Gasteiger charge is 2.20. The molecule has 1 aromatic rings. The number of hydrogen-bond donors (Lipinski definition) is 1. The number of carbonyl (C=O) groups is 2. The molecule has 1 N–H and O–H groups in total. The first-order valence-electron chi connectivity index (χ1n) is 8.84. The zero-order valence-corrected chi connectivity index (χ0v) is 14.2. The lowest BCUT2D eigenvalue weighted by Crippen LogP contribution is -2.37. The molecule has 1 aliphatic heterocycles. The molecule has 1 heterocycles. The maximum Gasteiger partial charge on any atom is 0.220 e. The van der Waals surface area contributed by atoms with Crippen LogP contribution >= 0.6 is 0 Å². The van der Waals surface area contributed by atoms with Crippen LogP contribution in [-0.4, -0.2) is 30.9 Å². The largest absolute Gasteiger partial charge is 0.486 e. The van der Waals surface area contributed by atoms with Crippen LogP contribution in [0.5, 0.6) is 11.5 Å². The second-order valence-corrected chi connectivity index (χ2v) is 6.81. The van der Waals surface area contributed by atoms with Crippen molar-refractivity contribution < 1.29 is 19.1 Å². The third-order valence-corrected chi connectivity index (χ3v) is 4.82. The van der Waals surface area contributed by atoms with Gasteiger partial charge in [0.1, 0.15) is 13.2 Å². The molecule has 5 nitrogen and oxygen atoms in total. The van der Waals surface area contributed by atoms with Crippen molar-refractivity contribution in [1.82, 2.24) is 5.32 Å². The molecule has 1 amide bonds. The number of benzene rings is 1. The molecule has 0 atom stereocenters. The quantitative estimate of drug-likeness (QED) is 0.842. The topological polar surface area (TPSA) is 64.6 Å². The van der Waals surface area contributed by atoms with Gasteiger partial charge in [-0.3, -0.25) is 9.59 Å². The average Bonchev–Trinajstić information content (AvgIpc) is 2.61. The molecule has 3 rings (SSSR count). The Kier molecular flexibility index (Phi) is 5.38. The van der Waals surface area contributed by atoms with Crippen molar-refractivity contribution in [2.75, 3.05) is 13.2 Å². The summed E-state index contributed by atoms with van der Waals surface area (Å²) in [5.41, 5.74) is 0.568. The summed E-state index contributed by atoms with van der Waals surface area (Å²) in [7, 11) is 0. The zero-order valence-electron chi connectivity index (χ0n) is 14.2. The van der Waals surface area contributed by atoms with Crippen LogP contribution in [0.3, 0.4) is 0 Å². The highest BCUT2D eigenvalue weighted by Crippen LogP contribution is 2.31. The van der Waals surface area contributed by atoms with Crippen molar-refractivity contribution >= 4 is 11.7 Å². The van der Waals surface area contributed by atoms with E-state index in [1.54, 1.807) is 18.2 Å². The van der Waals surface area contributed by atoms with Gasteiger partial charge >= 0.3 is 0 Å². The molecule has 2 aliphatic rings. The number of fused-ring (bicyclic) bond motifs is 1. The maximum absolute atomic E-state index is 12.3. The van der Waals surface area contributed by atoms with E-state index >= 15 is 0 Å². The van der Waals surface area contributed by atoms with E-state index in [0.717, 1.165) is 18.8 Å². The Morgan fingerprint density at radius 3 is 2.50 bits per heavy atom. The monoisotopic (exact) mass is 331 g/mol. The van der Waals surface area contributed by atoms with Gasteiger partial charge in [0.05, 0.1) is 0 Å². The van der Waals surface area contributed by atoms with Gasteiger partial charge in [-0.15, -0.1) is 0 Å². The number of carbonyl (C=O) groups excluding carboxylic acids is 2. The number of nitrogens with one attached hydrogen (secondary N) is 1. The van der Waals surface area contributed by atoms with E-state index in [2.05, 4.69) is 12.2 Å². The van der Waals surface area contributed by atoms with Crippen LogP contribution < -0.4 is 14.8 Å². The van der Waals surface area contributed by atoms with Gasteiger partial charge in [-0.1, -0.05) is 6.92 Å². The number of rotatable bonds is 5. The normalized spacial score (nSPS) is 22.7. The van der Waals surface area contributed by atoms with Crippen molar-refractivity contribution in [2.24, 2.45) is 5.92 Å². The molecule has 1 fully saturated rings. The molecule has 0 aromatic heterocycles. The van der Waals surface area contributed by atoms with Crippen molar-refractivity contribution in [3.63, 3.8) is 0 Å². The van der Waals surface area contributed by atoms with Gasteiger partial charge in [0.2, 0.25) is 5.91 Å². The van der Waals surface area contributed by atoms with Gasteiger partial charge in [0, 0.05) is 24.4 Å². The number of hydrogen-bond acceptors (Lipinski definition) is 4. The first kappa shape index (κ1) is 16.8. The summed E-state index contributed by atoms with van der Waals surface area (Å²) in [6.07, 6.45) is 4.88. The number of ketones is 1. The minimum atomic E-state index is -0.0422. The summed E-state index contributed by atoms with van der Waals surface area (Å²) in [4.78, 5) is 24.3. The van der Waals surface area contributed by atoms with Crippen LogP contribution in [0.4, 0.5) is 0 Å². The van der Waals surface area contributed by atoms with Crippen LogP contribution in [0.2, 0.25) is 0 Å². The molecule has 1 aliphatic carbocycles. The Morgan fingerprint density at radius 2 is 1.75 bits per heavy atom. The Hall–Kier alpha value is -2.04. The average molecular weight is 331 g/mol. The van der Waals surface area contributed by atoms with Crippen molar-refractivity contribution in [3.05, 3.63) is 23.8 Å². The van der Waals surface area contributed by atoms with E-state index in [1.807, 2.05) is 0 Å². The van der Waals surface area contributed by atoms with Crippen molar-refractivity contribution in [2.45, 2.75) is 51.5 Å². The van der Waals surface area contributed by atoms with E-state index in [0.29, 0.717) is 30.3 Å². The highest BCUT2D eigenvalue weighted by molar-refractivity contribution is 5.98. The fraction of sp³-hybridized carbons (Fsp3) is 0.579. The van der Waals surface area contributed by atoms with Gasteiger partial charge in [-0.2, -0.15) is 0 Å². The first-order chi connectivity index (χ1) is 11.6. The fourth-order valence-electron chi connectivity index (χ4n) is 3.29. The molecule has 0 saturated heterocycles. The summed E-state index contributed by atoms with van der Waals surface area (Å²) in [5, 5.41) is 3.06. The van der Waals surface area contributed by atoms with E-state index in [9.17, 15) is 9.59 Å². The molecule has 5 heteroatoms. The molecular formula is C19H25NO4. The number of Topliss-reactive ketones (excluding diaryl/α,β-unsaturated/α-hetero) is 1. The number of amides is 1. The molecule has 0 bridgehead atoms. The maximum atomic E-state index is 12.3. The standard InChI is InChI=1S/C19H25NO4/c1-13-2-5-15(6-3-13)20-19(22)9-7-16(21)14-4-8-17-18(12-14)24-11-10-23-17/h4,8,12-13,15H,2-3,5-7,9-11H2,1H3,(H,20,22). The van der Waals surface area contributed by atoms with Crippen LogP contribution in [-0.2, 0) is 4.79 Å². The SMILES string of the molecule is CC1CCC(NC(=O)CCC(=O)c2ccc3c(c2)OCCO3)CC1. The summed E-state index contributed by atoms with van der Waals surface area (Å²) in [5.74, 6) is 1.96. The van der Waals surface area contributed by atoms with E-state index in [4.69, 9.17) is 9.47 Å². The van der Waals surface area contributed by atoms with E-state index < -0.39 is 0 Å². The van der Waals surface area contributed by atoms with Crippen LogP contribution in [0.15, 0.2) is 18.2 Å². The van der Waals surface area contributed by atoms with Crippen molar-refractivity contribution in [1.29, 1.82) is 0 Å². The van der Waals surface area contributed by atoms with Gasteiger partial charge in [0.25, 0.3) is 0 Å². The third-order valence-electron chi connectivity index (χ3n) is 4.82. The lowest BCUT2D eigenvalue weighted by atomic mass is 9.87. The van der Waals surface area contributed by atoms with Crippen LogP contribution in [0.25, 0.3) is 0 Å². The van der Waals surface area contributed by atoms with Crippen molar-refractivity contribution in [3.8, 4) is 11.5 Å². The van der Waals surface area contributed by atoms with E-state index in [-0.39, 0.29) is 30.6 Å². The minimum Gasteiger partial charge on any atom is -0.486 e. The molecule has 1 saturated carbocycles. The van der Waals surface area contributed by atoms with Gasteiger partial charge in [-0.25, -0.2) is 0 Å². The molecule has 1 aromatic carbocycles. The third kappa shape index (κ3) is 4.28. The summed E-state index contributed by atoms with van der Waals surface area (Å²) < 4.78 is 10.9. The predicted molar refractivity (Wildman–Crippen MR) is 90.6 cm³/mol. The minimum absolute atomic E-state index is 0.0274. The predicted octanol–water partition coefficient (Wildman–Crippen LogP) is 3.12. The molecule has 130 valence electrons. The van der Waals surface area contributed by atoms with Gasteiger partial charge in [-0.05, 0) is 49.8 Å². The fourth-order valence-corrected chi connectivity index (χ4v) is 3.29. The zero-order chi connectivity index (χ0) is 16.9. The highest BCUT2D eigenvalue weighted by atomic mass is 16.6. The first-order valence-corrected chi connectivity index (χ1v) is 8.84.